The van der Waals surface area contributed by atoms with Gasteiger partial charge in [-0.25, -0.2) is 0 Å². The standard InChI is InChI=1S/C50H100N2O5/c1-8-13-18-23-31-46(32-24-19-14-9-2)35-29-42-56-49(53)38-27-22-28-39-52(41-45-55-44-40-51(6)7)48(37-17-12-5)50(54)57-43-30-36-47(33-25-20-15-10-3)34-26-21-16-11-4/h46-48H,8-45H2,1-7H3. The van der Waals surface area contributed by atoms with Gasteiger partial charge < -0.3 is 19.1 Å². The zero-order valence-corrected chi connectivity index (χ0v) is 39.5. The highest BCUT2D eigenvalue weighted by Gasteiger charge is 2.27. The number of likely N-dealkylation sites (N-methyl/N-ethyl adjacent to an activating group) is 1. The van der Waals surface area contributed by atoms with E-state index in [9.17, 15) is 9.59 Å². The summed E-state index contributed by atoms with van der Waals surface area (Å²) in [4.78, 5) is 30.8. The predicted molar refractivity (Wildman–Crippen MR) is 245 cm³/mol. The van der Waals surface area contributed by atoms with Crippen LogP contribution < -0.4 is 0 Å². The van der Waals surface area contributed by atoms with E-state index in [0.29, 0.717) is 32.8 Å². The molecule has 0 aliphatic heterocycles. The first-order valence-corrected chi connectivity index (χ1v) is 25.1. The number of esters is 2. The van der Waals surface area contributed by atoms with Gasteiger partial charge in [0.2, 0.25) is 0 Å². The predicted octanol–water partition coefficient (Wildman–Crippen LogP) is 13.7. The molecule has 0 aromatic rings. The van der Waals surface area contributed by atoms with Crippen molar-refractivity contribution in [2.24, 2.45) is 11.8 Å². The van der Waals surface area contributed by atoms with Crippen LogP contribution in [0.5, 0.6) is 0 Å². The molecule has 0 aliphatic rings. The summed E-state index contributed by atoms with van der Waals surface area (Å²) in [5, 5.41) is 0. The van der Waals surface area contributed by atoms with Gasteiger partial charge in [0.05, 0.1) is 26.4 Å². The zero-order valence-electron chi connectivity index (χ0n) is 39.5. The molecule has 0 radical (unpaired) electrons. The number of hydrogen-bond acceptors (Lipinski definition) is 7. The fourth-order valence-corrected chi connectivity index (χ4v) is 8.14. The van der Waals surface area contributed by atoms with Crippen molar-refractivity contribution in [2.75, 3.05) is 60.2 Å². The van der Waals surface area contributed by atoms with E-state index in [1.807, 2.05) is 0 Å². The highest BCUT2D eigenvalue weighted by Crippen LogP contribution is 2.25. The summed E-state index contributed by atoms with van der Waals surface area (Å²) in [6.45, 7) is 16.1. The summed E-state index contributed by atoms with van der Waals surface area (Å²) in [7, 11) is 4.12. The molecule has 0 heterocycles. The minimum absolute atomic E-state index is 0.0582. The number of carbonyl (C=O) groups is 2. The van der Waals surface area contributed by atoms with Crippen LogP contribution in [0.15, 0.2) is 0 Å². The van der Waals surface area contributed by atoms with E-state index < -0.39 is 0 Å². The van der Waals surface area contributed by atoms with Crippen LogP contribution in [0.25, 0.3) is 0 Å². The summed E-state index contributed by atoms with van der Waals surface area (Å²) in [6.07, 6.45) is 36.8. The summed E-state index contributed by atoms with van der Waals surface area (Å²) in [5.74, 6) is 1.41. The number of nitrogens with zero attached hydrogens (tertiary/aromatic N) is 2. The third kappa shape index (κ3) is 36.4. The molecule has 1 atom stereocenters. The van der Waals surface area contributed by atoms with Crippen molar-refractivity contribution in [3.8, 4) is 0 Å². The van der Waals surface area contributed by atoms with Gasteiger partial charge in [0, 0.05) is 19.5 Å². The lowest BCUT2D eigenvalue weighted by Crippen LogP contribution is -2.44. The molecule has 7 heteroatoms. The second kappa shape index (κ2) is 42.9. The Morgan fingerprint density at radius 1 is 0.421 bits per heavy atom. The quantitative estimate of drug-likeness (QED) is 0.0448. The van der Waals surface area contributed by atoms with Crippen molar-refractivity contribution < 1.29 is 23.8 Å². The number of carbonyl (C=O) groups excluding carboxylic acids is 2. The SMILES string of the molecule is CCCCCCC(CCCCCC)CCCOC(=O)CCCCCN(CCOCCN(C)C)C(CCCC)C(=O)OCCCC(CCCCCC)CCCCCC. The number of ether oxygens (including phenoxy) is 3. The first kappa shape index (κ1) is 55.8. The molecule has 7 nitrogen and oxygen atoms in total. The zero-order chi connectivity index (χ0) is 42.0. The average Bonchev–Trinajstić information content (AvgIpc) is 3.20. The Labute approximate surface area is 356 Å². The van der Waals surface area contributed by atoms with Gasteiger partial charge in [-0.1, -0.05) is 182 Å². The van der Waals surface area contributed by atoms with Gasteiger partial charge in [0.25, 0.3) is 0 Å². The van der Waals surface area contributed by atoms with E-state index in [4.69, 9.17) is 14.2 Å². The molecule has 0 aliphatic carbocycles. The summed E-state index contributed by atoms with van der Waals surface area (Å²) in [6, 6.07) is -0.242. The molecule has 0 N–H and O–H groups in total. The van der Waals surface area contributed by atoms with Gasteiger partial charge in [-0.3, -0.25) is 14.5 Å². The van der Waals surface area contributed by atoms with Crippen molar-refractivity contribution >= 4 is 11.9 Å². The molecular formula is C50H100N2O5. The van der Waals surface area contributed by atoms with E-state index >= 15 is 0 Å². The maximum absolute atomic E-state index is 13.7. The third-order valence-electron chi connectivity index (χ3n) is 12.0. The lowest BCUT2D eigenvalue weighted by atomic mass is 9.90. The Hall–Kier alpha value is -1.18. The van der Waals surface area contributed by atoms with Crippen molar-refractivity contribution in [3.05, 3.63) is 0 Å². The lowest BCUT2D eigenvalue weighted by molar-refractivity contribution is -0.151. The van der Waals surface area contributed by atoms with E-state index in [0.717, 1.165) is 89.3 Å². The van der Waals surface area contributed by atoms with Gasteiger partial charge >= 0.3 is 11.9 Å². The number of rotatable bonds is 45. The summed E-state index contributed by atoms with van der Waals surface area (Å²) < 4.78 is 17.8. The van der Waals surface area contributed by atoms with E-state index in [1.165, 1.54) is 135 Å². The second-order valence-corrected chi connectivity index (χ2v) is 17.7. The van der Waals surface area contributed by atoms with Crippen LogP contribution in [-0.4, -0.2) is 87.9 Å². The van der Waals surface area contributed by atoms with Crippen molar-refractivity contribution in [3.63, 3.8) is 0 Å². The minimum Gasteiger partial charge on any atom is -0.466 e. The van der Waals surface area contributed by atoms with Crippen LogP contribution in [0.3, 0.4) is 0 Å². The van der Waals surface area contributed by atoms with Crippen molar-refractivity contribution in [2.45, 2.75) is 240 Å². The number of hydrogen-bond donors (Lipinski definition) is 0. The van der Waals surface area contributed by atoms with Crippen LogP contribution >= 0.6 is 0 Å². The highest BCUT2D eigenvalue weighted by molar-refractivity contribution is 5.75. The fourth-order valence-electron chi connectivity index (χ4n) is 8.14. The highest BCUT2D eigenvalue weighted by atomic mass is 16.5. The van der Waals surface area contributed by atoms with Gasteiger partial charge in [0.15, 0.2) is 0 Å². The third-order valence-corrected chi connectivity index (χ3v) is 12.0. The topological polar surface area (TPSA) is 68.3 Å². The maximum atomic E-state index is 13.7. The van der Waals surface area contributed by atoms with Crippen LogP contribution in [0.4, 0.5) is 0 Å². The Kier molecular flexibility index (Phi) is 42.0. The van der Waals surface area contributed by atoms with Gasteiger partial charge in [-0.15, -0.1) is 0 Å². The molecule has 0 fully saturated rings. The maximum Gasteiger partial charge on any atom is 0.323 e. The molecule has 340 valence electrons. The first-order valence-electron chi connectivity index (χ1n) is 25.1. The van der Waals surface area contributed by atoms with Gasteiger partial charge in [-0.2, -0.15) is 0 Å². The molecule has 0 saturated heterocycles. The fraction of sp³-hybridized carbons (Fsp3) is 0.960. The molecule has 0 bridgehead atoms. The Balaban J connectivity index is 5.00. The summed E-state index contributed by atoms with van der Waals surface area (Å²) >= 11 is 0. The van der Waals surface area contributed by atoms with E-state index in [2.05, 4.69) is 58.5 Å². The molecule has 57 heavy (non-hydrogen) atoms. The molecular weight excluding hydrogens is 709 g/mol. The van der Waals surface area contributed by atoms with Crippen LogP contribution in [0, 0.1) is 11.8 Å². The first-order chi connectivity index (χ1) is 27.8. The van der Waals surface area contributed by atoms with Crippen molar-refractivity contribution in [1.29, 1.82) is 0 Å². The van der Waals surface area contributed by atoms with Gasteiger partial charge in [0.1, 0.15) is 6.04 Å². The normalized spacial score (nSPS) is 12.4. The molecule has 0 aromatic carbocycles. The molecule has 1 unspecified atom stereocenters. The second-order valence-electron chi connectivity index (χ2n) is 17.7. The molecule has 0 saturated carbocycles. The summed E-state index contributed by atoms with van der Waals surface area (Å²) in [5.41, 5.74) is 0. The van der Waals surface area contributed by atoms with E-state index in [1.54, 1.807) is 0 Å². The Morgan fingerprint density at radius 2 is 0.860 bits per heavy atom. The van der Waals surface area contributed by atoms with E-state index in [-0.39, 0.29) is 18.0 Å². The van der Waals surface area contributed by atoms with Crippen LogP contribution in [0.2, 0.25) is 0 Å². The smallest absolute Gasteiger partial charge is 0.323 e. The monoisotopic (exact) mass is 809 g/mol. The van der Waals surface area contributed by atoms with Crippen molar-refractivity contribution in [1.82, 2.24) is 9.80 Å². The molecule has 0 rings (SSSR count). The minimum atomic E-state index is -0.242. The van der Waals surface area contributed by atoms with Crippen LogP contribution in [0.1, 0.15) is 234 Å². The largest absolute Gasteiger partial charge is 0.466 e. The van der Waals surface area contributed by atoms with Gasteiger partial charge in [-0.05, 0) is 77.4 Å². The molecule has 0 spiro atoms. The average molecular weight is 809 g/mol. The Bertz CT molecular complexity index is 831. The lowest BCUT2D eigenvalue weighted by Gasteiger charge is -2.30. The number of unbranched alkanes of at least 4 members (excludes halogenated alkanes) is 15. The molecule has 0 aromatic heterocycles. The van der Waals surface area contributed by atoms with Crippen LogP contribution in [-0.2, 0) is 23.8 Å². The Morgan fingerprint density at radius 3 is 1.33 bits per heavy atom. The molecule has 0 amide bonds.